The fourth-order valence-electron chi connectivity index (χ4n) is 2.22. The van der Waals surface area contributed by atoms with Crippen LogP contribution in [-0.4, -0.2) is 23.6 Å². The molecule has 0 aromatic heterocycles. The van der Waals surface area contributed by atoms with E-state index in [0.717, 1.165) is 17.0 Å². The Balaban J connectivity index is 1.95. The van der Waals surface area contributed by atoms with E-state index in [2.05, 4.69) is 10.6 Å². The topological polar surface area (TPSA) is 84.3 Å². The molecular formula is C17H16F3N3O3S. The van der Waals surface area contributed by atoms with Gasteiger partial charge in [0.05, 0.1) is 10.5 Å². The number of halogens is 3. The highest BCUT2D eigenvalue weighted by Crippen LogP contribution is 2.34. The van der Waals surface area contributed by atoms with E-state index in [1.54, 1.807) is 23.9 Å². The zero-order valence-corrected chi connectivity index (χ0v) is 15.0. The van der Waals surface area contributed by atoms with Gasteiger partial charge in [-0.25, -0.2) is 0 Å². The van der Waals surface area contributed by atoms with Gasteiger partial charge < -0.3 is 10.6 Å². The fourth-order valence-corrected chi connectivity index (χ4v) is 2.63. The van der Waals surface area contributed by atoms with Crippen molar-refractivity contribution in [3.63, 3.8) is 0 Å². The summed E-state index contributed by atoms with van der Waals surface area (Å²) in [6.45, 7) is 0.0287. The molecule has 6 nitrogen and oxygen atoms in total. The molecule has 0 radical (unpaired) electrons. The number of carbonyl (C=O) groups is 1. The molecule has 0 heterocycles. The van der Waals surface area contributed by atoms with Gasteiger partial charge in [0.1, 0.15) is 5.69 Å². The Morgan fingerprint density at radius 3 is 2.41 bits per heavy atom. The van der Waals surface area contributed by atoms with Gasteiger partial charge in [0.25, 0.3) is 5.69 Å². The number of nitrogens with zero attached hydrogens (tertiary/aromatic N) is 1. The van der Waals surface area contributed by atoms with Crippen LogP contribution in [0.5, 0.6) is 0 Å². The molecule has 0 bridgehead atoms. The van der Waals surface area contributed by atoms with Gasteiger partial charge in [0.15, 0.2) is 0 Å². The zero-order chi connectivity index (χ0) is 20.0. The lowest BCUT2D eigenvalue weighted by atomic mass is 10.1. The van der Waals surface area contributed by atoms with Crippen molar-refractivity contribution >= 4 is 34.7 Å². The molecule has 2 rings (SSSR count). The first kappa shape index (κ1) is 20.6. The lowest BCUT2D eigenvalue weighted by molar-refractivity contribution is -0.384. The van der Waals surface area contributed by atoms with Crippen molar-refractivity contribution in [1.82, 2.24) is 0 Å². The van der Waals surface area contributed by atoms with Gasteiger partial charge in [-0.05, 0) is 42.7 Å². The van der Waals surface area contributed by atoms with E-state index in [9.17, 15) is 28.1 Å². The van der Waals surface area contributed by atoms with E-state index in [0.29, 0.717) is 11.8 Å². The largest absolute Gasteiger partial charge is 0.416 e. The van der Waals surface area contributed by atoms with Crippen molar-refractivity contribution in [2.75, 3.05) is 23.4 Å². The van der Waals surface area contributed by atoms with Crippen LogP contribution < -0.4 is 10.6 Å². The maximum Gasteiger partial charge on any atom is 0.416 e. The molecule has 0 atom stereocenters. The number of thioether (sulfide) groups is 1. The number of benzene rings is 2. The number of hydrogen-bond donors (Lipinski definition) is 2. The molecule has 0 saturated carbocycles. The molecule has 0 spiro atoms. The molecular weight excluding hydrogens is 383 g/mol. The summed E-state index contributed by atoms with van der Waals surface area (Å²) in [4.78, 5) is 23.1. The van der Waals surface area contributed by atoms with E-state index in [1.807, 2.05) is 18.4 Å². The predicted molar refractivity (Wildman–Crippen MR) is 98.1 cm³/mol. The van der Waals surface area contributed by atoms with Crippen molar-refractivity contribution in [3.8, 4) is 0 Å². The Labute approximate surface area is 157 Å². The molecule has 0 aliphatic heterocycles. The van der Waals surface area contributed by atoms with Gasteiger partial charge in [-0.15, -0.1) is 11.8 Å². The average molecular weight is 399 g/mol. The Morgan fingerprint density at radius 1 is 1.19 bits per heavy atom. The summed E-state index contributed by atoms with van der Waals surface area (Å²) in [5.41, 5.74) is -1.27. The van der Waals surface area contributed by atoms with Gasteiger partial charge in [0, 0.05) is 29.6 Å². The third kappa shape index (κ3) is 5.88. The summed E-state index contributed by atoms with van der Waals surface area (Å²) < 4.78 is 38.0. The maximum atomic E-state index is 12.7. The van der Waals surface area contributed by atoms with E-state index < -0.39 is 22.4 Å². The SMILES string of the molecule is CSc1ccc(NC(=O)CCNc2ccc(C(F)(F)F)cc2[N+](=O)[O-])cc1. The second-order valence-electron chi connectivity index (χ2n) is 5.44. The fraction of sp³-hybridized carbons (Fsp3) is 0.235. The summed E-state index contributed by atoms with van der Waals surface area (Å²) in [7, 11) is 0. The number of rotatable bonds is 7. The number of nitro benzene ring substituents is 1. The number of anilines is 2. The Morgan fingerprint density at radius 2 is 1.85 bits per heavy atom. The van der Waals surface area contributed by atoms with E-state index in [-0.39, 0.29) is 24.6 Å². The van der Waals surface area contributed by atoms with E-state index in [4.69, 9.17) is 0 Å². The van der Waals surface area contributed by atoms with Crippen LogP contribution in [0.1, 0.15) is 12.0 Å². The number of nitro groups is 1. The standard InChI is InChI=1S/C17H16F3N3O3S/c1-27-13-5-3-12(4-6-13)22-16(24)8-9-21-14-7-2-11(17(18,19)20)10-15(14)23(25)26/h2-7,10,21H,8-9H2,1H3,(H,22,24). The van der Waals surface area contributed by atoms with Crippen molar-refractivity contribution in [1.29, 1.82) is 0 Å². The Hall–Kier alpha value is -2.75. The van der Waals surface area contributed by atoms with Crippen LogP contribution in [0.15, 0.2) is 47.4 Å². The second kappa shape index (κ2) is 8.76. The first-order chi connectivity index (χ1) is 12.7. The van der Waals surface area contributed by atoms with Crippen LogP contribution in [-0.2, 0) is 11.0 Å². The summed E-state index contributed by atoms with van der Waals surface area (Å²) in [5.74, 6) is -0.325. The normalized spacial score (nSPS) is 11.1. The molecule has 27 heavy (non-hydrogen) atoms. The van der Waals surface area contributed by atoms with E-state index >= 15 is 0 Å². The maximum absolute atomic E-state index is 12.7. The Kier molecular flexibility index (Phi) is 6.67. The van der Waals surface area contributed by atoms with Crippen LogP contribution in [0.25, 0.3) is 0 Å². The van der Waals surface area contributed by atoms with Crippen LogP contribution in [0.2, 0.25) is 0 Å². The van der Waals surface area contributed by atoms with Crippen LogP contribution in [0.3, 0.4) is 0 Å². The molecule has 144 valence electrons. The molecule has 0 unspecified atom stereocenters. The third-order valence-corrected chi connectivity index (χ3v) is 4.31. The molecule has 2 aromatic carbocycles. The number of carbonyl (C=O) groups excluding carboxylic acids is 1. The number of alkyl halides is 3. The molecule has 1 amide bonds. The Bertz CT molecular complexity index is 826. The molecule has 2 aromatic rings. The second-order valence-corrected chi connectivity index (χ2v) is 6.32. The molecule has 0 fully saturated rings. The average Bonchev–Trinajstić information content (AvgIpc) is 2.61. The van der Waals surface area contributed by atoms with Gasteiger partial charge in [-0.1, -0.05) is 0 Å². The van der Waals surface area contributed by atoms with Gasteiger partial charge in [0.2, 0.25) is 5.91 Å². The van der Waals surface area contributed by atoms with Crippen LogP contribution in [0.4, 0.5) is 30.2 Å². The summed E-state index contributed by atoms with van der Waals surface area (Å²) in [6, 6.07) is 9.41. The van der Waals surface area contributed by atoms with Crippen molar-refractivity contribution < 1.29 is 22.9 Å². The smallest absolute Gasteiger partial charge is 0.379 e. The number of amides is 1. The summed E-state index contributed by atoms with van der Waals surface area (Å²) in [6.07, 6.45) is -2.75. The lowest BCUT2D eigenvalue weighted by Crippen LogP contribution is -2.16. The minimum atomic E-state index is -4.67. The van der Waals surface area contributed by atoms with Crippen molar-refractivity contribution in [3.05, 3.63) is 58.1 Å². The van der Waals surface area contributed by atoms with Crippen LogP contribution >= 0.6 is 11.8 Å². The quantitative estimate of drug-likeness (QED) is 0.398. The highest BCUT2D eigenvalue weighted by molar-refractivity contribution is 7.98. The van der Waals surface area contributed by atoms with Gasteiger partial charge in [-0.2, -0.15) is 13.2 Å². The minimum Gasteiger partial charge on any atom is -0.379 e. The van der Waals surface area contributed by atoms with Gasteiger partial charge >= 0.3 is 6.18 Å². The molecule has 2 N–H and O–H groups in total. The molecule has 0 saturated heterocycles. The highest BCUT2D eigenvalue weighted by Gasteiger charge is 2.33. The highest BCUT2D eigenvalue weighted by atomic mass is 32.2. The minimum absolute atomic E-state index is 0.0115. The van der Waals surface area contributed by atoms with Gasteiger partial charge in [-0.3, -0.25) is 14.9 Å². The summed E-state index contributed by atoms with van der Waals surface area (Å²) in [5, 5.41) is 16.3. The first-order valence-corrected chi connectivity index (χ1v) is 8.96. The lowest BCUT2D eigenvalue weighted by Gasteiger charge is -2.11. The number of nitrogens with one attached hydrogen (secondary N) is 2. The third-order valence-electron chi connectivity index (χ3n) is 3.56. The molecule has 0 aliphatic carbocycles. The van der Waals surface area contributed by atoms with Crippen molar-refractivity contribution in [2.45, 2.75) is 17.5 Å². The predicted octanol–water partition coefficient (Wildman–Crippen LogP) is 4.78. The van der Waals surface area contributed by atoms with E-state index in [1.165, 1.54) is 0 Å². The first-order valence-electron chi connectivity index (χ1n) is 7.74. The molecule has 0 aliphatic rings. The van der Waals surface area contributed by atoms with Crippen LogP contribution in [0, 0.1) is 10.1 Å². The summed E-state index contributed by atoms with van der Waals surface area (Å²) >= 11 is 1.57. The molecule has 10 heteroatoms. The number of hydrogen-bond acceptors (Lipinski definition) is 5. The monoisotopic (exact) mass is 399 g/mol. The zero-order valence-electron chi connectivity index (χ0n) is 14.2. The van der Waals surface area contributed by atoms with Crippen molar-refractivity contribution in [2.24, 2.45) is 0 Å².